The first-order valence-electron chi connectivity index (χ1n) is 5.75. The van der Waals surface area contributed by atoms with E-state index in [9.17, 15) is 0 Å². The fourth-order valence-corrected chi connectivity index (χ4v) is 2.78. The minimum atomic E-state index is 0.0949. The molecule has 2 unspecified atom stereocenters. The van der Waals surface area contributed by atoms with Gasteiger partial charge in [-0.3, -0.25) is 0 Å². The largest absolute Gasteiger partial charge is 0.467 e. The molecule has 0 saturated heterocycles. The van der Waals surface area contributed by atoms with Crippen LogP contribution in [0.1, 0.15) is 36.9 Å². The second kappa shape index (κ2) is 5.71. The molecular weight excluding hydrogens is 254 g/mol. The average Bonchev–Trinajstić information content (AvgIpc) is 2.96. The van der Waals surface area contributed by atoms with Gasteiger partial charge < -0.3 is 9.73 Å². The highest BCUT2D eigenvalue weighted by molar-refractivity contribution is 7.16. The third-order valence-corrected chi connectivity index (χ3v) is 4.07. The maximum absolute atomic E-state index is 6.00. The van der Waals surface area contributed by atoms with Crippen molar-refractivity contribution in [1.82, 2.24) is 5.32 Å². The highest BCUT2D eigenvalue weighted by atomic mass is 35.5. The highest BCUT2D eigenvalue weighted by Crippen LogP contribution is 2.31. The van der Waals surface area contributed by atoms with Crippen LogP contribution < -0.4 is 5.32 Å². The summed E-state index contributed by atoms with van der Waals surface area (Å²) in [5, 5.41) is 3.56. The van der Waals surface area contributed by atoms with E-state index in [2.05, 4.69) is 25.2 Å². The molecule has 2 aromatic heterocycles. The van der Waals surface area contributed by atoms with Crippen LogP contribution in [0, 0.1) is 0 Å². The Morgan fingerprint density at radius 3 is 2.76 bits per heavy atom. The normalized spacial score (nSPS) is 14.8. The van der Waals surface area contributed by atoms with Gasteiger partial charge in [-0.25, -0.2) is 0 Å². The average molecular weight is 270 g/mol. The molecule has 0 aromatic carbocycles. The van der Waals surface area contributed by atoms with Gasteiger partial charge in [0.2, 0.25) is 0 Å². The Balaban J connectivity index is 2.24. The molecule has 0 spiro atoms. The van der Waals surface area contributed by atoms with Crippen LogP contribution in [-0.2, 0) is 0 Å². The molecule has 2 rings (SSSR count). The van der Waals surface area contributed by atoms with E-state index in [1.807, 2.05) is 18.2 Å². The van der Waals surface area contributed by atoms with E-state index in [0.29, 0.717) is 6.04 Å². The molecule has 2 aromatic rings. The minimum absolute atomic E-state index is 0.0949. The van der Waals surface area contributed by atoms with Crippen molar-refractivity contribution >= 4 is 22.9 Å². The van der Waals surface area contributed by atoms with E-state index < -0.39 is 0 Å². The first-order chi connectivity index (χ1) is 8.20. The fraction of sp³-hybridized carbons (Fsp3) is 0.385. The van der Waals surface area contributed by atoms with E-state index in [1.54, 1.807) is 17.6 Å². The van der Waals surface area contributed by atoms with Crippen molar-refractivity contribution in [3.05, 3.63) is 45.5 Å². The van der Waals surface area contributed by atoms with Crippen molar-refractivity contribution in [1.29, 1.82) is 0 Å². The maximum Gasteiger partial charge on any atom is 0.126 e. The van der Waals surface area contributed by atoms with Gasteiger partial charge in [0.25, 0.3) is 0 Å². The second-order valence-corrected chi connectivity index (χ2v) is 5.81. The minimum Gasteiger partial charge on any atom is -0.467 e. The Bertz CT molecular complexity index is 452. The predicted octanol–water partition coefficient (Wildman–Crippen LogP) is 4.47. The van der Waals surface area contributed by atoms with Gasteiger partial charge in [-0.05, 0) is 37.6 Å². The maximum atomic E-state index is 6.00. The molecule has 1 N–H and O–H groups in total. The van der Waals surface area contributed by atoms with Gasteiger partial charge in [0.15, 0.2) is 0 Å². The summed E-state index contributed by atoms with van der Waals surface area (Å²) in [6, 6.07) is 8.41. The lowest BCUT2D eigenvalue weighted by Gasteiger charge is -2.19. The summed E-state index contributed by atoms with van der Waals surface area (Å²) >= 11 is 7.59. The molecule has 0 saturated carbocycles. The molecule has 0 bridgehead atoms. The van der Waals surface area contributed by atoms with Gasteiger partial charge >= 0.3 is 0 Å². The third-order valence-electron chi connectivity index (χ3n) is 2.77. The van der Waals surface area contributed by atoms with E-state index in [4.69, 9.17) is 16.0 Å². The molecule has 2 nitrogen and oxygen atoms in total. The van der Waals surface area contributed by atoms with Gasteiger partial charge in [0.05, 0.1) is 10.6 Å². The summed E-state index contributed by atoms with van der Waals surface area (Å²) in [5.41, 5.74) is 0. The van der Waals surface area contributed by atoms with Crippen LogP contribution in [0.4, 0.5) is 0 Å². The van der Waals surface area contributed by atoms with Crippen molar-refractivity contribution in [3.63, 3.8) is 0 Å². The summed E-state index contributed by atoms with van der Waals surface area (Å²) in [4.78, 5) is 1.19. The second-order valence-electron chi connectivity index (χ2n) is 4.07. The van der Waals surface area contributed by atoms with Crippen molar-refractivity contribution in [2.75, 3.05) is 0 Å². The Labute approximate surface area is 111 Å². The van der Waals surface area contributed by atoms with Crippen LogP contribution in [0.2, 0.25) is 4.34 Å². The topological polar surface area (TPSA) is 25.2 Å². The van der Waals surface area contributed by atoms with Gasteiger partial charge in [0, 0.05) is 10.9 Å². The first kappa shape index (κ1) is 12.7. The zero-order chi connectivity index (χ0) is 12.3. The summed E-state index contributed by atoms with van der Waals surface area (Å²) in [5.74, 6) is 0.934. The molecule has 0 aliphatic carbocycles. The Kier molecular flexibility index (Phi) is 4.26. The number of hydrogen-bond donors (Lipinski definition) is 1. The van der Waals surface area contributed by atoms with Crippen molar-refractivity contribution in [2.24, 2.45) is 0 Å². The number of rotatable bonds is 5. The lowest BCUT2D eigenvalue weighted by atomic mass is 10.1. The van der Waals surface area contributed by atoms with Crippen LogP contribution in [0.3, 0.4) is 0 Å². The number of halogens is 1. The molecule has 2 heterocycles. The SMILES string of the molecule is CCC(C)NC(c1ccco1)c1ccc(Cl)s1. The summed E-state index contributed by atoms with van der Waals surface area (Å²) < 4.78 is 6.31. The molecular formula is C13H16ClNOS. The predicted molar refractivity (Wildman–Crippen MR) is 72.8 cm³/mol. The third kappa shape index (κ3) is 3.12. The summed E-state index contributed by atoms with van der Waals surface area (Å²) in [6.45, 7) is 4.34. The van der Waals surface area contributed by atoms with Crippen LogP contribution in [0.5, 0.6) is 0 Å². The highest BCUT2D eigenvalue weighted by Gasteiger charge is 2.20. The summed E-state index contributed by atoms with van der Waals surface area (Å²) in [6.07, 6.45) is 2.78. The molecule has 0 amide bonds. The Morgan fingerprint density at radius 1 is 1.41 bits per heavy atom. The number of thiophene rings is 1. The molecule has 2 atom stereocenters. The first-order valence-corrected chi connectivity index (χ1v) is 6.94. The molecule has 17 heavy (non-hydrogen) atoms. The molecule has 0 radical (unpaired) electrons. The van der Waals surface area contributed by atoms with Crippen LogP contribution >= 0.6 is 22.9 Å². The lowest BCUT2D eigenvalue weighted by Crippen LogP contribution is -2.29. The van der Waals surface area contributed by atoms with E-state index in [-0.39, 0.29) is 6.04 Å². The lowest BCUT2D eigenvalue weighted by molar-refractivity contribution is 0.413. The van der Waals surface area contributed by atoms with Gasteiger partial charge in [-0.2, -0.15) is 0 Å². The van der Waals surface area contributed by atoms with E-state index in [1.165, 1.54) is 4.88 Å². The van der Waals surface area contributed by atoms with Crippen LogP contribution in [0.15, 0.2) is 34.9 Å². The summed E-state index contributed by atoms with van der Waals surface area (Å²) in [7, 11) is 0. The van der Waals surface area contributed by atoms with E-state index >= 15 is 0 Å². The monoisotopic (exact) mass is 269 g/mol. The quantitative estimate of drug-likeness (QED) is 0.866. The van der Waals surface area contributed by atoms with Crippen LogP contribution in [0.25, 0.3) is 0 Å². The van der Waals surface area contributed by atoms with Gasteiger partial charge in [-0.15, -0.1) is 11.3 Å². The molecule has 4 heteroatoms. The zero-order valence-corrected chi connectivity index (χ0v) is 11.5. The van der Waals surface area contributed by atoms with Crippen LogP contribution in [-0.4, -0.2) is 6.04 Å². The fourth-order valence-electron chi connectivity index (χ4n) is 1.65. The molecule has 0 fully saturated rings. The molecule has 0 aliphatic heterocycles. The Morgan fingerprint density at radius 2 is 2.24 bits per heavy atom. The zero-order valence-electron chi connectivity index (χ0n) is 9.94. The van der Waals surface area contributed by atoms with Crippen molar-refractivity contribution < 1.29 is 4.42 Å². The number of furan rings is 1. The van der Waals surface area contributed by atoms with Crippen molar-refractivity contribution in [3.8, 4) is 0 Å². The number of hydrogen-bond acceptors (Lipinski definition) is 3. The smallest absolute Gasteiger partial charge is 0.126 e. The Hall–Kier alpha value is -0.770. The molecule has 0 aliphatic rings. The van der Waals surface area contributed by atoms with E-state index in [0.717, 1.165) is 16.5 Å². The van der Waals surface area contributed by atoms with Gasteiger partial charge in [0.1, 0.15) is 11.8 Å². The standard InChI is InChI=1S/C13H16ClNOS/c1-3-9(2)15-13(10-5-4-8-16-10)11-6-7-12(14)17-11/h4-9,13,15H,3H2,1-2H3. The van der Waals surface area contributed by atoms with Crippen molar-refractivity contribution in [2.45, 2.75) is 32.4 Å². The molecule has 92 valence electrons. The number of nitrogens with one attached hydrogen (secondary N) is 1. The van der Waals surface area contributed by atoms with Gasteiger partial charge in [-0.1, -0.05) is 18.5 Å².